The van der Waals surface area contributed by atoms with Crippen molar-refractivity contribution in [1.82, 2.24) is 14.9 Å². The third kappa shape index (κ3) is 3.62. The summed E-state index contributed by atoms with van der Waals surface area (Å²) in [5, 5.41) is 4.33. The van der Waals surface area contributed by atoms with E-state index in [0.717, 1.165) is 40.3 Å². The van der Waals surface area contributed by atoms with Crippen LogP contribution < -0.4 is 5.32 Å². The van der Waals surface area contributed by atoms with Gasteiger partial charge in [-0.05, 0) is 40.5 Å². The van der Waals surface area contributed by atoms with Gasteiger partial charge >= 0.3 is 0 Å². The summed E-state index contributed by atoms with van der Waals surface area (Å²) in [6.07, 6.45) is 5.70. The first-order chi connectivity index (χ1) is 9.63. The molecule has 1 N–H and O–H groups in total. The van der Waals surface area contributed by atoms with Crippen LogP contribution in [-0.2, 0) is 13.5 Å². The average Bonchev–Trinajstić information content (AvgIpc) is 2.83. The molecule has 108 valence electrons. The molecular formula is C15H19BrClN3. The maximum atomic E-state index is 6.43. The van der Waals surface area contributed by atoms with Gasteiger partial charge in [0.25, 0.3) is 0 Å². The number of aromatic nitrogens is 2. The summed E-state index contributed by atoms with van der Waals surface area (Å²) >= 11 is 9.93. The maximum absolute atomic E-state index is 6.43. The third-order valence-corrected chi connectivity index (χ3v) is 4.62. The van der Waals surface area contributed by atoms with Gasteiger partial charge in [-0.2, -0.15) is 0 Å². The highest BCUT2D eigenvalue weighted by Gasteiger charge is 2.17. The minimum atomic E-state index is 0.168. The topological polar surface area (TPSA) is 29.9 Å². The van der Waals surface area contributed by atoms with Crippen LogP contribution in [0.3, 0.4) is 0 Å². The Morgan fingerprint density at radius 1 is 1.45 bits per heavy atom. The highest BCUT2D eigenvalue weighted by atomic mass is 79.9. The zero-order valence-corrected chi connectivity index (χ0v) is 14.1. The first-order valence-electron chi connectivity index (χ1n) is 6.77. The number of nitrogens with one attached hydrogen (secondary N) is 1. The molecule has 1 aromatic heterocycles. The number of benzene rings is 1. The summed E-state index contributed by atoms with van der Waals surface area (Å²) in [5.41, 5.74) is 1.11. The molecule has 0 amide bonds. The first kappa shape index (κ1) is 15.5. The van der Waals surface area contributed by atoms with E-state index in [4.69, 9.17) is 11.6 Å². The molecule has 1 atom stereocenters. The van der Waals surface area contributed by atoms with Crippen molar-refractivity contribution in [3.05, 3.63) is 51.5 Å². The molecule has 1 aromatic carbocycles. The van der Waals surface area contributed by atoms with Crippen molar-refractivity contribution in [2.45, 2.75) is 25.8 Å². The summed E-state index contributed by atoms with van der Waals surface area (Å²) in [5.74, 6) is 1.05. The van der Waals surface area contributed by atoms with Crippen LogP contribution in [0.4, 0.5) is 0 Å². The number of aryl methyl sites for hydroxylation is 1. The van der Waals surface area contributed by atoms with Gasteiger partial charge in [-0.1, -0.05) is 30.7 Å². The van der Waals surface area contributed by atoms with Gasteiger partial charge in [0, 0.05) is 36.4 Å². The van der Waals surface area contributed by atoms with Gasteiger partial charge in [0.2, 0.25) is 0 Å². The predicted octanol–water partition coefficient (Wildman–Crippen LogP) is 4.12. The van der Waals surface area contributed by atoms with Gasteiger partial charge in [-0.15, -0.1) is 0 Å². The van der Waals surface area contributed by atoms with E-state index in [1.54, 1.807) is 0 Å². The van der Waals surface area contributed by atoms with E-state index < -0.39 is 0 Å². The molecule has 0 spiro atoms. The molecule has 0 aliphatic rings. The molecule has 0 radical (unpaired) electrons. The molecular weight excluding hydrogens is 338 g/mol. The van der Waals surface area contributed by atoms with Crippen molar-refractivity contribution >= 4 is 27.5 Å². The fourth-order valence-corrected chi connectivity index (χ4v) is 2.82. The molecule has 0 aliphatic carbocycles. The van der Waals surface area contributed by atoms with Gasteiger partial charge < -0.3 is 9.88 Å². The number of rotatable bonds is 6. The first-order valence-corrected chi connectivity index (χ1v) is 7.94. The summed E-state index contributed by atoms with van der Waals surface area (Å²) in [6.45, 7) is 3.12. The minimum absolute atomic E-state index is 0.168. The molecule has 5 heteroatoms. The largest absolute Gasteiger partial charge is 0.338 e. The van der Waals surface area contributed by atoms with Crippen LogP contribution in [0.5, 0.6) is 0 Å². The van der Waals surface area contributed by atoms with Gasteiger partial charge in [0.15, 0.2) is 0 Å². The normalized spacial score (nSPS) is 12.6. The predicted molar refractivity (Wildman–Crippen MR) is 87.1 cm³/mol. The zero-order valence-electron chi connectivity index (χ0n) is 11.7. The van der Waals surface area contributed by atoms with E-state index >= 15 is 0 Å². The van der Waals surface area contributed by atoms with Crippen molar-refractivity contribution in [1.29, 1.82) is 0 Å². The lowest BCUT2D eigenvalue weighted by Crippen LogP contribution is -2.25. The van der Waals surface area contributed by atoms with Crippen molar-refractivity contribution < 1.29 is 0 Å². The Balaban J connectivity index is 2.27. The molecule has 1 unspecified atom stereocenters. The van der Waals surface area contributed by atoms with Gasteiger partial charge in [0.05, 0.1) is 5.02 Å². The summed E-state index contributed by atoms with van der Waals surface area (Å²) < 4.78 is 2.98. The monoisotopic (exact) mass is 355 g/mol. The van der Waals surface area contributed by atoms with Crippen molar-refractivity contribution in [3.63, 3.8) is 0 Å². The lowest BCUT2D eigenvalue weighted by molar-refractivity contribution is 0.512. The molecule has 0 bridgehead atoms. The Morgan fingerprint density at radius 2 is 2.25 bits per heavy atom. The van der Waals surface area contributed by atoms with Crippen LogP contribution in [-0.4, -0.2) is 16.1 Å². The van der Waals surface area contributed by atoms with E-state index in [9.17, 15) is 0 Å². The molecule has 2 rings (SSSR count). The Labute approximate surface area is 133 Å². The average molecular weight is 357 g/mol. The van der Waals surface area contributed by atoms with Crippen molar-refractivity contribution in [2.75, 3.05) is 6.54 Å². The summed E-state index contributed by atoms with van der Waals surface area (Å²) in [4.78, 5) is 4.41. The number of imidazole rings is 1. The second-order valence-corrected chi connectivity index (χ2v) is 6.04. The van der Waals surface area contributed by atoms with Crippen LogP contribution in [0.2, 0.25) is 5.02 Å². The zero-order chi connectivity index (χ0) is 14.5. The van der Waals surface area contributed by atoms with Gasteiger partial charge in [-0.3, -0.25) is 0 Å². The number of hydrogen-bond donors (Lipinski definition) is 1. The number of nitrogens with zero attached hydrogens (tertiary/aromatic N) is 2. The van der Waals surface area contributed by atoms with Crippen LogP contribution in [0.15, 0.2) is 35.1 Å². The molecule has 3 nitrogen and oxygen atoms in total. The lowest BCUT2D eigenvalue weighted by atomic mass is 10.0. The van der Waals surface area contributed by atoms with Crippen LogP contribution in [0.1, 0.15) is 30.8 Å². The molecule has 0 aliphatic heterocycles. The fourth-order valence-electron chi connectivity index (χ4n) is 2.18. The minimum Gasteiger partial charge on any atom is -0.338 e. The van der Waals surface area contributed by atoms with E-state index in [1.807, 2.05) is 36.1 Å². The highest BCUT2D eigenvalue weighted by molar-refractivity contribution is 9.10. The standard InChI is InChI=1S/C15H19BrClN3/c1-3-7-18-13(10-14-19-8-9-20(14)2)11-5-4-6-12(16)15(11)17/h4-6,8-9,13,18H,3,7,10H2,1-2H3. The Kier molecular flexibility index (Phi) is 5.64. The van der Waals surface area contributed by atoms with Crippen LogP contribution in [0, 0.1) is 0 Å². The molecule has 1 heterocycles. The number of halogens is 2. The van der Waals surface area contributed by atoms with Crippen molar-refractivity contribution in [3.8, 4) is 0 Å². The Morgan fingerprint density at radius 3 is 2.90 bits per heavy atom. The summed E-state index contributed by atoms with van der Waals surface area (Å²) in [7, 11) is 2.02. The second kappa shape index (κ2) is 7.25. The van der Waals surface area contributed by atoms with E-state index in [-0.39, 0.29) is 6.04 Å². The second-order valence-electron chi connectivity index (χ2n) is 4.81. The summed E-state index contributed by atoms with van der Waals surface area (Å²) in [6, 6.07) is 6.22. The van der Waals surface area contributed by atoms with Crippen LogP contribution in [0.25, 0.3) is 0 Å². The lowest BCUT2D eigenvalue weighted by Gasteiger charge is -2.20. The quantitative estimate of drug-likeness (QED) is 0.844. The molecule has 0 saturated carbocycles. The van der Waals surface area contributed by atoms with E-state index in [1.165, 1.54) is 0 Å². The van der Waals surface area contributed by atoms with Crippen molar-refractivity contribution in [2.24, 2.45) is 7.05 Å². The Bertz CT molecular complexity index is 568. The molecule has 2 aromatic rings. The van der Waals surface area contributed by atoms with E-state index in [2.05, 4.69) is 39.2 Å². The fraction of sp³-hybridized carbons (Fsp3) is 0.400. The smallest absolute Gasteiger partial charge is 0.110 e. The molecule has 0 saturated heterocycles. The maximum Gasteiger partial charge on any atom is 0.110 e. The van der Waals surface area contributed by atoms with Crippen LogP contribution >= 0.6 is 27.5 Å². The van der Waals surface area contributed by atoms with Gasteiger partial charge in [0.1, 0.15) is 5.82 Å². The van der Waals surface area contributed by atoms with E-state index in [0.29, 0.717) is 0 Å². The third-order valence-electron chi connectivity index (χ3n) is 3.31. The molecule has 20 heavy (non-hydrogen) atoms. The number of hydrogen-bond acceptors (Lipinski definition) is 2. The highest BCUT2D eigenvalue weighted by Crippen LogP contribution is 2.31. The van der Waals surface area contributed by atoms with Gasteiger partial charge in [-0.25, -0.2) is 4.98 Å². The SMILES string of the molecule is CCCNC(Cc1nccn1C)c1cccc(Br)c1Cl. The Hall–Kier alpha value is -0.840. The molecule has 0 fully saturated rings.